The summed E-state index contributed by atoms with van der Waals surface area (Å²) in [5.41, 5.74) is -1.73. The highest BCUT2D eigenvalue weighted by Gasteiger charge is 2.83. The maximum atomic E-state index is 12.6. The van der Waals surface area contributed by atoms with Crippen molar-refractivity contribution in [2.24, 2.45) is 35.0 Å². The molecule has 0 bridgehead atoms. The highest BCUT2D eigenvalue weighted by Crippen LogP contribution is 2.74. The van der Waals surface area contributed by atoms with Gasteiger partial charge in [0.15, 0.2) is 5.78 Å². The summed E-state index contributed by atoms with van der Waals surface area (Å²) < 4.78 is 0. The number of aliphatic hydroxyl groups excluding tert-OH is 2. The third-order valence-electron chi connectivity index (χ3n) is 7.97. The minimum absolute atomic E-state index is 0.0102. The molecule has 0 heterocycles. The fraction of sp³-hybridized carbons (Fsp3) is 0.750. The smallest absolute Gasteiger partial charge is 0.162 e. The van der Waals surface area contributed by atoms with Gasteiger partial charge in [-0.2, -0.15) is 0 Å². The predicted molar refractivity (Wildman–Crippen MR) is 91.4 cm³/mol. The topological polar surface area (TPSA) is 98.0 Å². The Labute approximate surface area is 148 Å². The van der Waals surface area contributed by atoms with Gasteiger partial charge in [0.1, 0.15) is 5.60 Å². The summed E-state index contributed by atoms with van der Waals surface area (Å²) in [5.74, 6) is -2.10. The normalized spacial score (nSPS) is 53.2. The largest absolute Gasteiger partial charge is 0.392 e. The Kier molecular flexibility index (Phi) is 3.36. The quantitative estimate of drug-likeness (QED) is 0.526. The number of rotatable bonds is 1. The second kappa shape index (κ2) is 4.83. The van der Waals surface area contributed by atoms with E-state index in [0.29, 0.717) is 12.0 Å². The molecule has 0 radical (unpaired) electrons. The molecule has 0 amide bonds. The zero-order valence-corrected chi connectivity index (χ0v) is 15.2. The summed E-state index contributed by atoms with van der Waals surface area (Å²) in [6, 6.07) is 0. The highest BCUT2D eigenvalue weighted by molar-refractivity contribution is 5.99. The van der Waals surface area contributed by atoms with Gasteiger partial charge in [0.2, 0.25) is 0 Å². The van der Waals surface area contributed by atoms with Gasteiger partial charge in [-0.05, 0) is 24.5 Å². The summed E-state index contributed by atoms with van der Waals surface area (Å²) in [4.78, 5) is 12.6. The first-order valence-corrected chi connectivity index (χ1v) is 9.18. The fourth-order valence-electron chi connectivity index (χ4n) is 6.38. The molecule has 4 N–H and O–H groups in total. The van der Waals surface area contributed by atoms with Gasteiger partial charge in [-0.25, -0.2) is 0 Å². The van der Waals surface area contributed by atoms with E-state index in [0.717, 1.165) is 5.57 Å². The SMILES string of the molecule is CC1=C[C@H]2[C@@H](CC(CO)=C[C@H]3[C@@H]4C(C)(C)[C@]4(O)[C@H](O)[C@H](C)[C@@]32O)C1=O. The van der Waals surface area contributed by atoms with Gasteiger partial charge in [0.25, 0.3) is 0 Å². The van der Waals surface area contributed by atoms with Gasteiger partial charge in [-0.1, -0.05) is 32.9 Å². The van der Waals surface area contributed by atoms with Crippen LogP contribution in [-0.2, 0) is 4.79 Å². The van der Waals surface area contributed by atoms with Crippen LogP contribution < -0.4 is 0 Å². The van der Waals surface area contributed by atoms with Crippen LogP contribution in [0, 0.1) is 35.0 Å². The molecule has 5 heteroatoms. The predicted octanol–water partition coefficient (Wildman–Crippen LogP) is 0.815. The molecule has 5 nitrogen and oxygen atoms in total. The number of Topliss-reactive ketones (excluding diaryl/α,β-unsaturated/α-hetero) is 1. The molecule has 0 unspecified atom stereocenters. The van der Waals surface area contributed by atoms with Crippen molar-refractivity contribution in [3.8, 4) is 0 Å². The van der Waals surface area contributed by atoms with Gasteiger partial charge < -0.3 is 20.4 Å². The minimum atomic E-state index is -1.32. The molecule has 25 heavy (non-hydrogen) atoms. The van der Waals surface area contributed by atoms with E-state index < -0.39 is 46.4 Å². The third kappa shape index (κ3) is 1.75. The number of fused-ring (bicyclic) bond motifs is 5. The first kappa shape index (κ1) is 17.4. The van der Waals surface area contributed by atoms with E-state index in [2.05, 4.69) is 0 Å². The average molecular weight is 348 g/mol. The number of allylic oxidation sites excluding steroid dienone is 1. The molecule has 0 aliphatic heterocycles. The molecular weight excluding hydrogens is 320 g/mol. The summed E-state index contributed by atoms with van der Waals surface area (Å²) in [5, 5.41) is 43.7. The van der Waals surface area contributed by atoms with Crippen molar-refractivity contribution < 1.29 is 25.2 Å². The molecule has 8 atom stereocenters. The number of hydrogen-bond acceptors (Lipinski definition) is 5. The summed E-state index contributed by atoms with van der Waals surface area (Å²) in [6.45, 7) is 7.19. The maximum absolute atomic E-state index is 12.6. The van der Waals surface area contributed by atoms with Gasteiger partial charge in [-0.3, -0.25) is 4.79 Å². The van der Waals surface area contributed by atoms with Crippen molar-refractivity contribution in [3.63, 3.8) is 0 Å². The zero-order valence-electron chi connectivity index (χ0n) is 15.2. The van der Waals surface area contributed by atoms with Crippen LogP contribution in [0.4, 0.5) is 0 Å². The Balaban J connectivity index is 1.91. The Hall–Kier alpha value is -1.01. The zero-order chi connectivity index (χ0) is 18.5. The van der Waals surface area contributed by atoms with E-state index in [1.165, 1.54) is 0 Å². The van der Waals surface area contributed by atoms with Crippen LogP contribution >= 0.6 is 0 Å². The van der Waals surface area contributed by atoms with Gasteiger partial charge in [0, 0.05) is 35.0 Å². The standard InChI is InChI=1S/C20H28O5/c1-9-5-13-12(15(9)22)6-11(8-21)7-14-16-18(3,4)20(16,25)17(23)10(2)19(13,14)24/h5,7,10,12-14,16-17,21,23-25H,6,8H2,1-4H3/t10-,12+,13-,14-,16+,17+,19-,20+/m0/s1. The lowest BCUT2D eigenvalue weighted by atomic mass is 9.60. The van der Waals surface area contributed by atoms with Crippen LogP contribution in [0.25, 0.3) is 0 Å². The lowest BCUT2D eigenvalue weighted by Gasteiger charge is -2.50. The number of carbonyl (C=O) groups excluding carboxylic acids is 1. The Morgan fingerprint density at radius 2 is 1.84 bits per heavy atom. The molecule has 0 aromatic heterocycles. The molecule has 138 valence electrons. The van der Waals surface area contributed by atoms with Crippen molar-refractivity contribution >= 4 is 5.78 Å². The second-order valence-corrected chi connectivity index (χ2v) is 9.20. The molecule has 0 aromatic rings. The van der Waals surface area contributed by atoms with Gasteiger partial charge in [-0.15, -0.1) is 0 Å². The second-order valence-electron chi connectivity index (χ2n) is 9.20. The van der Waals surface area contributed by atoms with Crippen LogP contribution in [-0.4, -0.2) is 50.1 Å². The maximum Gasteiger partial charge on any atom is 0.162 e. The van der Waals surface area contributed by atoms with Gasteiger partial charge in [0.05, 0.1) is 18.3 Å². The van der Waals surface area contributed by atoms with Crippen LogP contribution in [0.15, 0.2) is 23.3 Å². The first-order valence-electron chi connectivity index (χ1n) is 9.18. The summed E-state index contributed by atoms with van der Waals surface area (Å²) in [6.07, 6.45) is 3.09. The number of hydrogen-bond donors (Lipinski definition) is 4. The van der Waals surface area contributed by atoms with E-state index in [1.807, 2.05) is 26.0 Å². The van der Waals surface area contributed by atoms with Gasteiger partial charge >= 0.3 is 0 Å². The number of ketones is 1. The molecular formula is C20H28O5. The van der Waals surface area contributed by atoms with Crippen molar-refractivity contribution in [1.82, 2.24) is 0 Å². The molecule has 0 spiro atoms. The monoisotopic (exact) mass is 348 g/mol. The first-order chi connectivity index (χ1) is 11.5. The minimum Gasteiger partial charge on any atom is -0.392 e. The Bertz CT molecular complexity index is 707. The summed E-state index contributed by atoms with van der Waals surface area (Å²) >= 11 is 0. The molecule has 0 aromatic carbocycles. The average Bonchev–Trinajstić information content (AvgIpc) is 2.92. The Morgan fingerprint density at radius 3 is 2.44 bits per heavy atom. The lowest BCUT2D eigenvalue weighted by molar-refractivity contribution is -0.192. The van der Waals surface area contributed by atoms with E-state index in [4.69, 9.17) is 0 Å². The third-order valence-corrected chi connectivity index (χ3v) is 7.97. The molecule has 4 rings (SSSR count). The van der Waals surface area contributed by atoms with E-state index in [1.54, 1.807) is 13.8 Å². The van der Waals surface area contributed by atoms with E-state index in [9.17, 15) is 25.2 Å². The van der Waals surface area contributed by atoms with Crippen molar-refractivity contribution in [2.75, 3.05) is 6.61 Å². The fourth-order valence-corrected chi connectivity index (χ4v) is 6.38. The molecule has 4 aliphatic rings. The number of carbonyl (C=O) groups is 1. The highest BCUT2D eigenvalue weighted by atomic mass is 16.4. The van der Waals surface area contributed by atoms with Crippen LogP contribution in [0.2, 0.25) is 0 Å². The van der Waals surface area contributed by atoms with Crippen molar-refractivity contribution in [1.29, 1.82) is 0 Å². The van der Waals surface area contributed by atoms with Crippen molar-refractivity contribution in [3.05, 3.63) is 23.3 Å². The molecule has 2 saturated carbocycles. The summed E-state index contributed by atoms with van der Waals surface area (Å²) in [7, 11) is 0. The Morgan fingerprint density at radius 1 is 1.20 bits per heavy atom. The molecule has 4 aliphatic carbocycles. The number of aliphatic hydroxyl groups is 4. The molecule has 0 saturated heterocycles. The van der Waals surface area contributed by atoms with Crippen LogP contribution in [0.3, 0.4) is 0 Å². The van der Waals surface area contributed by atoms with Crippen LogP contribution in [0.5, 0.6) is 0 Å². The van der Waals surface area contributed by atoms with Crippen molar-refractivity contribution in [2.45, 2.75) is 51.4 Å². The van der Waals surface area contributed by atoms with E-state index in [-0.39, 0.29) is 18.3 Å². The lowest BCUT2D eigenvalue weighted by Crippen LogP contribution is -2.62. The molecule has 2 fully saturated rings. The van der Waals surface area contributed by atoms with Crippen LogP contribution in [0.1, 0.15) is 34.1 Å². The van der Waals surface area contributed by atoms with E-state index >= 15 is 0 Å².